The summed E-state index contributed by atoms with van der Waals surface area (Å²) >= 11 is 0. The molecule has 30 heavy (non-hydrogen) atoms. The van der Waals surface area contributed by atoms with Crippen molar-refractivity contribution in [2.75, 3.05) is 0 Å². The highest BCUT2D eigenvalue weighted by atomic mass is 16.5. The molecule has 0 spiro atoms. The maximum Gasteiger partial charge on any atom is 0.214 e. The quantitative estimate of drug-likeness (QED) is 0.396. The molecule has 2 aliphatic rings. The Kier molecular flexibility index (Phi) is 3.88. The summed E-state index contributed by atoms with van der Waals surface area (Å²) in [6.07, 6.45) is 0.629. The van der Waals surface area contributed by atoms with Crippen molar-refractivity contribution in [2.24, 2.45) is 5.10 Å². The van der Waals surface area contributed by atoms with E-state index in [9.17, 15) is 0 Å². The van der Waals surface area contributed by atoms with Crippen LogP contribution < -0.4 is 4.74 Å². The molecular formula is C27H22N2O. The number of hydrogen-bond donors (Lipinski definition) is 0. The Labute approximate surface area is 176 Å². The van der Waals surface area contributed by atoms with Gasteiger partial charge in [-0.05, 0) is 29.3 Å². The second-order valence-corrected chi connectivity index (χ2v) is 8.09. The average molecular weight is 390 g/mol. The van der Waals surface area contributed by atoms with Crippen molar-refractivity contribution in [2.45, 2.75) is 25.6 Å². The molecule has 2 atom stereocenters. The van der Waals surface area contributed by atoms with Crippen LogP contribution in [0.15, 0.2) is 96.1 Å². The number of rotatable bonds is 2. The highest BCUT2D eigenvalue weighted by Crippen LogP contribution is 2.48. The first kappa shape index (κ1) is 17.3. The molecule has 3 heteroatoms. The van der Waals surface area contributed by atoms with Crippen LogP contribution in [0.3, 0.4) is 0 Å². The van der Waals surface area contributed by atoms with Crippen molar-refractivity contribution >= 4 is 16.5 Å². The summed E-state index contributed by atoms with van der Waals surface area (Å²) in [5.41, 5.74) is 5.92. The topological polar surface area (TPSA) is 24.8 Å². The Bertz CT molecular complexity index is 1270. The van der Waals surface area contributed by atoms with Crippen LogP contribution in [0.25, 0.3) is 10.8 Å². The Hall–Kier alpha value is -3.59. The van der Waals surface area contributed by atoms with E-state index in [4.69, 9.17) is 9.84 Å². The molecule has 2 aliphatic heterocycles. The fourth-order valence-electron chi connectivity index (χ4n) is 4.63. The van der Waals surface area contributed by atoms with Gasteiger partial charge in [0.15, 0.2) is 0 Å². The van der Waals surface area contributed by atoms with Crippen LogP contribution in [0, 0.1) is 6.92 Å². The molecule has 0 radical (unpaired) electrons. The van der Waals surface area contributed by atoms with Gasteiger partial charge in [0.05, 0.1) is 11.8 Å². The fraction of sp³-hybridized carbons (Fsp3) is 0.148. The second kappa shape index (κ2) is 6.74. The van der Waals surface area contributed by atoms with Gasteiger partial charge < -0.3 is 4.74 Å². The van der Waals surface area contributed by atoms with E-state index in [1.54, 1.807) is 0 Å². The lowest BCUT2D eigenvalue weighted by molar-refractivity contribution is -0.0180. The highest BCUT2D eigenvalue weighted by Gasteiger charge is 2.41. The number of aryl methyl sites for hydroxylation is 1. The molecule has 0 N–H and O–H groups in total. The number of ether oxygens (including phenoxy) is 1. The van der Waals surface area contributed by atoms with Crippen LogP contribution in [-0.4, -0.2) is 10.7 Å². The van der Waals surface area contributed by atoms with Crippen LogP contribution >= 0.6 is 0 Å². The third kappa shape index (κ3) is 2.70. The number of nitrogens with zero attached hydrogens (tertiary/aromatic N) is 2. The minimum atomic E-state index is -0.251. The Balaban J connectivity index is 1.50. The van der Waals surface area contributed by atoms with E-state index < -0.39 is 0 Å². The van der Waals surface area contributed by atoms with Crippen LogP contribution in [0.1, 0.15) is 40.9 Å². The summed E-state index contributed by atoms with van der Waals surface area (Å²) < 4.78 is 6.56. The highest BCUT2D eigenvalue weighted by molar-refractivity contribution is 6.02. The molecule has 0 fully saturated rings. The minimum Gasteiger partial charge on any atom is -0.464 e. The van der Waals surface area contributed by atoms with E-state index in [-0.39, 0.29) is 12.3 Å². The zero-order chi connectivity index (χ0) is 20.1. The zero-order valence-corrected chi connectivity index (χ0v) is 16.8. The number of hydrazone groups is 1. The van der Waals surface area contributed by atoms with Crippen LogP contribution in [0.5, 0.6) is 5.75 Å². The molecule has 0 saturated carbocycles. The van der Waals surface area contributed by atoms with E-state index in [0.29, 0.717) is 0 Å². The van der Waals surface area contributed by atoms with Gasteiger partial charge in [-0.1, -0.05) is 90.5 Å². The molecule has 0 aromatic heterocycles. The SMILES string of the molecule is Cc1ccc(C2=NN3C(C2)c2ccccc2OC3c2cccc3ccccc23)cc1. The van der Waals surface area contributed by atoms with Crippen molar-refractivity contribution in [3.8, 4) is 5.75 Å². The molecule has 146 valence electrons. The summed E-state index contributed by atoms with van der Waals surface area (Å²) in [7, 11) is 0. The second-order valence-electron chi connectivity index (χ2n) is 8.09. The first-order chi connectivity index (χ1) is 14.8. The smallest absolute Gasteiger partial charge is 0.214 e. The summed E-state index contributed by atoms with van der Waals surface area (Å²) in [6.45, 7) is 2.12. The van der Waals surface area contributed by atoms with E-state index >= 15 is 0 Å². The van der Waals surface area contributed by atoms with Gasteiger partial charge in [-0.2, -0.15) is 5.10 Å². The average Bonchev–Trinajstić information content (AvgIpc) is 3.24. The van der Waals surface area contributed by atoms with Crippen molar-refractivity contribution in [3.63, 3.8) is 0 Å². The fourth-order valence-corrected chi connectivity index (χ4v) is 4.63. The van der Waals surface area contributed by atoms with Gasteiger partial charge in [0.25, 0.3) is 0 Å². The Morgan fingerprint density at radius 3 is 2.43 bits per heavy atom. The lowest BCUT2D eigenvalue weighted by Gasteiger charge is -2.38. The first-order valence-electron chi connectivity index (χ1n) is 10.4. The van der Waals surface area contributed by atoms with Gasteiger partial charge in [0, 0.05) is 17.5 Å². The Morgan fingerprint density at radius 2 is 1.53 bits per heavy atom. The standard InChI is InChI=1S/C27H22N2O/c1-18-13-15-20(16-14-18)24-17-25-23-10-4-5-12-26(23)30-27(29(25)28-24)22-11-6-8-19-7-2-3-9-21(19)22/h2-16,25,27H,17H2,1H3. The summed E-state index contributed by atoms with van der Waals surface area (Å²) in [5.74, 6) is 0.956. The molecule has 3 nitrogen and oxygen atoms in total. The molecule has 6 rings (SSSR count). The molecule has 0 aliphatic carbocycles. The summed E-state index contributed by atoms with van der Waals surface area (Å²) in [6, 6.07) is 32.1. The van der Waals surface area contributed by atoms with Crippen LogP contribution in [0.4, 0.5) is 0 Å². The lowest BCUT2D eigenvalue weighted by Crippen LogP contribution is -2.33. The molecule has 4 aromatic carbocycles. The summed E-state index contributed by atoms with van der Waals surface area (Å²) in [5, 5.41) is 9.69. The largest absolute Gasteiger partial charge is 0.464 e. The predicted molar refractivity (Wildman–Crippen MR) is 121 cm³/mol. The van der Waals surface area contributed by atoms with Gasteiger partial charge in [-0.15, -0.1) is 0 Å². The van der Waals surface area contributed by atoms with E-state index in [0.717, 1.165) is 23.4 Å². The van der Waals surface area contributed by atoms with Gasteiger partial charge in [0.1, 0.15) is 5.75 Å². The maximum atomic E-state index is 6.56. The number of fused-ring (bicyclic) bond motifs is 4. The van der Waals surface area contributed by atoms with Gasteiger partial charge >= 0.3 is 0 Å². The normalized spacial score (nSPS) is 19.8. The Morgan fingerprint density at radius 1 is 0.800 bits per heavy atom. The van der Waals surface area contributed by atoms with Crippen LogP contribution in [0.2, 0.25) is 0 Å². The molecule has 2 unspecified atom stereocenters. The number of benzene rings is 4. The first-order valence-corrected chi connectivity index (χ1v) is 10.4. The van der Waals surface area contributed by atoms with Crippen molar-refractivity contribution in [3.05, 3.63) is 113 Å². The van der Waals surface area contributed by atoms with Crippen molar-refractivity contribution < 1.29 is 4.74 Å². The molecular weight excluding hydrogens is 368 g/mol. The van der Waals surface area contributed by atoms with E-state index in [1.807, 2.05) is 6.07 Å². The van der Waals surface area contributed by atoms with Gasteiger partial charge in [-0.3, -0.25) is 0 Å². The molecule has 2 heterocycles. The minimum absolute atomic E-state index is 0.176. The number of para-hydroxylation sites is 1. The predicted octanol–water partition coefficient (Wildman–Crippen LogP) is 6.39. The lowest BCUT2D eigenvalue weighted by atomic mass is 9.95. The zero-order valence-electron chi connectivity index (χ0n) is 16.8. The van der Waals surface area contributed by atoms with E-state index in [2.05, 4.69) is 96.9 Å². The maximum absolute atomic E-state index is 6.56. The van der Waals surface area contributed by atoms with Gasteiger partial charge in [-0.25, -0.2) is 5.01 Å². The van der Waals surface area contributed by atoms with Crippen LogP contribution in [-0.2, 0) is 0 Å². The molecule has 0 amide bonds. The van der Waals surface area contributed by atoms with Gasteiger partial charge in [0.2, 0.25) is 6.23 Å². The third-order valence-electron chi connectivity index (χ3n) is 6.17. The van der Waals surface area contributed by atoms with Crippen molar-refractivity contribution in [1.29, 1.82) is 0 Å². The third-order valence-corrected chi connectivity index (χ3v) is 6.17. The van der Waals surface area contributed by atoms with E-state index in [1.165, 1.54) is 27.5 Å². The molecule has 0 bridgehead atoms. The molecule has 0 saturated heterocycles. The molecule has 4 aromatic rings. The monoisotopic (exact) mass is 390 g/mol. The van der Waals surface area contributed by atoms with Crippen molar-refractivity contribution in [1.82, 2.24) is 5.01 Å². The number of hydrogen-bond acceptors (Lipinski definition) is 3. The summed E-state index contributed by atoms with van der Waals surface area (Å²) in [4.78, 5) is 0.